The van der Waals surface area contributed by atoms with Crippen molar-refractivity contribution in [3.63, 3.8) is 0 Å². The Morgan fingerprint density at radius 1 is 1.33 bits per heavy atom. The number of hydrogen-bond donors (Lipinski definition) is 1. The van der Waals surface area contributed by atoms with Gasteiger partial charge in [0.25, 0.3) is 0 Å². The average molecular weight is 172 g/mol. The maximum Gasteiger partial charge on any atom is 0.00355 e. The largest absolute Gasteiger partial charge is 0.330 e. The Kier molecular flexibility index (Phi) is 4.80. The van der Waals surface area contributed by atoms with Gasteiger partial charge >= 0.3 is 0 Å². The molecule has 0 spiro atoms. The van der Waals surface area contributed by atoms with E-state index in [-0.39, 0.29) is 0 Å². The van der Waals surface area contributed by atoms with E-state index in [2.05, 4.69) is 39.6 Å². The lowest BCUT2D eigenvalue weighted by Crippen LogP contribution is -2.33. The summed E-state index contributed by atoms with van der Waals surface area (Å²) in [6, 6.07) is 0.638. The minimum Gasteiger partial charge on any atom is -0.330 e. The Labute approximate surface area is 77.1 Å². The molecular formula is C10H24N2. The third-order valence-electron chi connectivity index (χ3n) is 2.58. The van der Waals surface area contributed by atoms with Gasteiger partial charge in [0.1, 0.15) is 0 Å². The van der Waals surface area contributed by atoms with E-state index >= 15 is 0 Å². The summed E-state index contributed by atoms with van der Waals surface area (Å²) in [5, 5.41) is 0. The lowest BCUT2D eigenvalue weighted by atomic mass is 9.89. The van der Waals surface area contributed by atoms with Crippen molar-refractivity contribution in [3.05, 3.63) is 0 Å². The molecule has 0 aromatic heterocycles. The maximum atomic E-state index is 5.65. The highest BCUT2D eigenvalue weighted by atomic mass is 15.1. The van der Waals surface area contributed by atoms with Gasteiger partial charge in [-0.05, 0) is 45.8 Å². The van der Waals surface area contributed by atoms with E-state index in [0.717, 1.165) is 13.1 Å². The van der Waals surface area contributed by atoms with Gasteiger partial charge in [-0.3, -0.25) is 0 Å². The van der Waals surface area contributed by atoms with Crippen molar-refractivity contribution < 1.29 is 0 Å². The number of rotatable bonds is 5. The predicted octanol–water partition coefficient (Wildman–Crippen LogP) is 1.70. The van der Waals surface area contributed by atoms with E-state index in [0.29, 0.717) is 11.5 Å². The van der Waals surface area contributed by atoms with Crippen LogP contribution in [0.4, 0.5) is 0 Å². The van der Waals surface area contributed by atoms with E-state index < -0.39 is 0 Å². The Morgan fingerprint density at radius 2 is 1.83 bits per heavy atom. The molecule has 12 heavy (non-hydrogen) atoms. The molecule has 2 N–H and O–H groups in total. The molecule has 0 aliphatic rings. The van der Waals surface area contributed by atoms with E-state index in [1.807, 2.05) is 0 Å². The van der Waals surface area contributed by atoms with Crippen molar-refractivity contribution in [1.29, 1.82) is 0 Å². The molecule has 0 saturated carbocycles. The molecular weight excluding hydrogens is 148 g/mol. The average Bonchev–Trinajstić information content (AvgIpc) is 2.00. The van der Waals surface area contributed by atoms with Gasteiger partial charge in [0, 0.05) is 6.04 Å². The van der Waals surface area contributed by atoms with Gasteiger partial charge in [0.05, 0.1) is 0 Å². The van der Waals surface area contributed by atoms with Crippen LogP contribution in [0, 0.1) is 5.41 Å². The van der Waals surface area contributed by atoms with Gasteiger partial charge in [-0.15, -0.1) is 0 Å². The monoisotopic (exact) mass is 172 g/mol. The van der Waals surface area contributed by atoms with Crippen LogP contribution in [0.2, 0.25) is 0 Å². The van der Waals surface area contributed by atoms with Crippen molar-refractivity contribution in [3.8, 4) is 0 Å². The molecule has 0 unspecified atom stereocenters. The van der Waals surface area contributed by atoms with Gasteiger partial charge in [-0.2, -0.15) is 0 Å². The summed E-state index contributed by atoms with van der Waals surface area (Å²) in [4.78, 5) is 2.36. The van der Waals surface area contributed by atoms with Crippen LogP contribution in [0.25, 0.3) is 0 Å². The van der Waals surface area contributed by atoms with Crippen molar-refractivity contribution in [2.75, 3.05) is 20.1 Å². The molecule has 0 radical (unpaired) electrons. The molecule has 0 aromatic carbocycles. The fraction of sp³-hybridized carbons (Fsp3) is 1.00. The van der Waals surface area contributed by atoms with Gasteiger partial charge in [-0.1, -0.05) is 13.8 Å². The Balaban J connectivity index is 3.67. The van der Waals surface area contributed by atoms with Crippen molar-refractivity contribution >= 4 is 0 Å². The van der Waals surface area contributed by atoms with Gasteiger partial charge in [-0.25, -0.2) is 0 Å². The molecule has 74 valence electrons. The van der Waals surface area contributed by atoms with Crippen LogP contribution in [0.3, 0.4) is 0 Å². The Bertz CT molecular complexity index is 119. The zero-order valence-corrected chi connectivity index (χ0v) is 9.22. The first-order chi connectivity index (χ1) is 5.39. The van der Waals surface area contributed by atoms with E-state index in [4.69, 9.17) is 5.73 Å². The predicted molar refractivity (Wildman–Crippen MR) is 55.2 cm³/mol. The summed E-state index contributed by atoms with van der Waals surface area (Å²) >= 11 is 0. The lowest BCUT2D eigenvalue weighted by molar-refractivity contribution is 0.221. The third kappa shape index (κ3) is 4.73. The maximum absolute atomic E-state index is 5.65. The summed E-state index contributed by atoms with van der Waals surface area (Å²) in [7, 11) is 2.16. The van der Waals surface area contributed by atoms with Gasteiger partial charge in [0.15, 0.2) is 0 Å². The second-order valence-corrected chi connectivity index (χ2v) is 4.69. The van der Waals surface area contributed by atoms with Crippen LogP contribution in [-0.2, 0) is 0 Å². The fourth-order valence-corrected chi connectivity index (χ4v) is 0.839. The van der Waals surface area contributed by atoms with Crippen LogP contribution in [0.5, 0.6) is 0 Å². The molecule has 0 amide bonds. The highest BCUT2D eigenvalue weighted by Crippen LogP contribution is 2.18. The summed E-state index contributed by atoms with van der Waals surface area (Å²) in [6.07, 6.45) is 1.18. The van der Waals surface area contributed by atoms with Crippen molar-refractivity contribution in [1.82, 2.24) is 4.90 Å². The normalized spacial score (nSPS) is 13.0. The molecule has 0 atom stereocenters. The minimum atomic E-state index is 0.295. The van der Waals surface area contributed by atoms with Crippen LogP contribution in [0.1, 0.15) is 34.1 Å². The zero-order chi connectivity index (χ0) is 9.78. The molecule has 0 fully saturated rings. The number of hydrogen-bond acceptors (Lipinski definition) is 2. The topological polar surface area (TPSA) is 29.3 Å². The highest BCUT2D eigenvalue weighted by Gasteiger charge is 2.16. The lowest BCUT2D eigenvalue weighted by Gasteiger charge is -2.27. The molecule has 0 aliphatic heterocycles. The smallest absolute Gasteiger partial charge is 0.00355 e. The van der Waals surface area contributed by atoms with Crippen molar-refractivity contribution in [2.45, 2.75) is 40.2 Å². The van der Waals surface area contributed by atoms with Crippen LogP contribution < -0.4 is 5.73 Å². The molecule has 0 rings (SSSR count). The van der Waals surface area contributed by atoms with Gasteiger partial charge < -0.3 is 10.6 Å². The molecule has 0 bridgehead atoms. The Morgan fingerprint density at radius 3 is 2.17 bits per heavy atom. The molecule has 0 heterocycles. The van der Waals surface area contributed by atoms with Crippen LogP contribution in [-0.4, -0.2) is 31.1 Å². The second-order valence-electron chi connectivity index (χ2n) is 4.69. The first kappa shape index (κ1) is 11.9. The fourth-order valence-electron chi connectivity index (χ4n) is 0.839. The van der Waals surface area contributed by atoms with Crippen LogP contribution >= 0.6 is 0 Å². The quantitative estimate of drug-likeness (QED) is 0.684. The summed E-state index contributed by atoms with van der Waals surface area (Å²) in [5.41, 5.74) is 5.94. The van der Waals surface area contributed by atoms with E-state index in [1.165, 1.54) is 6.42 Å². The first-order valence-electron chi connectivity index (χ1n) is 4.79. The van der Waals surface area contributed by atoms with Crippen molar-refractivity contribution in [2.24, 2.45) is 11.1 Å². The van der Waals surface area contributed by atoms with Crippen LogP contribution in [0.15, 0.2) is 0 Å². The first-order valence-corrected chi connectivity index (χ1v) is 4.79. The second kappa shape index (κ2) is 4.83. The summed E-state index contributed by atoms with van der Waals surface area (Å²) in [5.74, 6) is 0. The van der Waals surface area contributed by atoms with Gasteiger partial charge in [0.2, 0.25) is 0 Å². The molecule has 0 saturated heterocycles. The molecule has 2 nitrogen and oxygen atoms in total. The van der Waals surface area contributed by atoms with E-state index in [1.54, 1.807) is 0 Å². The molecule has 0 aliphatic carbocycles. The number of nitrogens with zero attached hydrogens (tertiary/aromatic N) is 1. The Hall–Kier alpha value is -0.0800. The highest BCUT2D eigenvalue weighted by molar-refractivity contribution is 4.71. The van der Waals surface area contributed by atoms with E-state index in [9.17, 15) is 0 Å². The zero-order valence-electron chi connectivity index (χ0n) is 9.22. The SMILES string of the molecule is CC(C)N(C)CCC(C)(C)CN. The summed E-state index contributed by atoms with van der Waals surface area (Å²) < 4.78 is 0. The third-order valence-corrected chi connectivity index (χ3v) is 2.58. The minimum absolute atomic E-state index is 0.295. The number of nitrogens with two attached hydrogens (primary N) is 1. The molecule has 0 aromatic rings. The standard InChI is InChI=1S/C10H24N2/c1-9(2)12(5)7-6-10(3,4)8-11/h9H,6-8,11H2,1-5H3. The summed E-state index contributed by atoms with van der Waals surface area (Å²) in [6.45, 7) is 10.8. The molecule has 2 heteroatoms.